The fourth-order valence-corrected chi connectivity index (χ4v) is 3.90. The number of aryl methyl sites for hydroxylation is 1. The minimum absolute atomic E-state index is 0.0234. The van der Waals surface area contributed by atoms with Gasteiger partial charge in [-0.1, -0.05) is 12.1 Å². The molecule has 1 aromatic heterocycles. The van der Waals surface area contributed by atoms with E-state index in [0.717, 1.165) is 11.4 Å². The highest BCUT2D eigenvalue weighted by atomic mass is 32.2. The first-order valence-corrected chi connectivity index (χ1v) is 11.5. The molecule has 31 heavy (non-hydrogen) atoms. The summed E-state index contributed by atoms with van der Waals surface area (Å²) in [6.07, 6.45) is 3.66. The molecule has 0 aliphatic carbocycles. The highest BCUT2D eigenvalue weighted by Gasteiger charge is 2.17. The molecule has 1 amide bonds. The van der Waals surface area contributed by atoms with E-state index < -0.39 is 21.7 Å². The number of rotatable bonds is 9. The van der Waals surface area contributed by atoms with Gasteiger partial charge in [0, 0.05) is 30.3 Å². The van der Waals surface area contributed by atoms with Gasteiger partial charge in [-0.15, -0.1) is 0 Å². The van der Waals surface area contributed by atoms with Crippen LogP contribution in [0.15, 0.2) is 60.9 Å². The summed E-state index contributed by atoms with van der Waals surface area (Å²) >= 11 is 0. The summed E-state index contributed by atoms with van der Waals surface area (Å²) in [7, 11) is -3.85. The summed E-state index contributed by atoms with van der Waals surface area (Å²) in [5.74, 6) is 0.248. The molecule has 0 spiro atoms. The van der Waals surface area contributed by atoms with Crippen LogP contribution in [0.5, 0.6) is 5.75 Å². The van der Waals surface area contributed by atoms with E-state index in [9.17, 15) is 13.2 Å². The van der Waals surface area contributed by atoms with E-state index in [0.29, 0.717) is 23.7 Å². The number of benzene rings is 2. The van der Waals surface area contributed by atoms with Gasteiger partial charge in [0.25, 0.3) is 0 Å². The summed E-state index contributed by atoms with van der Waals surface area (Å²) in [5.41, 5.74) is 1.93. The lowest BCUT2D eigenvalue weighted by molar-refractivity contribution is -0.113. The van der Waals surface area contributed by atoms with Gasteiger partial charge in [0.05, 0.1) is 6.10 Å². The lowest BCUT2D eigenvalue weighted by Crippen LogP contribution is -2.27. The molecule has 0 unspecified atom stereocenters. The Morgan fingerprint density at radius 3 is 2.29 bits per heavy atom. The number of hydrogen-bond acceptors (Lipinski definition) is 5. The Bertz CT molecular complexity index is 1120. The van der Waals surface area contributed by atoms with Gasteiger partial charge in [-0.25, -0.2) is 13.4 Å². The molecule has 0 bridgehead atoms. The van der Waals surface area contributed by atoms with Crippen molar-refractivity contribution in [2.75, 3.05) is 15.8 Å². The highest BCUT2D eigenvalue weighted by Crippen LogP contribution is 2.18. The van der Waals surface area contributed by atoms with Crippen molar-refractivity contribution in [3.8, 4) is 5.75 Å². The Kier molecular flexibility index (Phi) is 6.96. The number of hydrogen-bond donors (Lipinski definition) is 2. The zero-order chi connectivity index (χ0) is 22.4. The zero-order valence-corrected chi connectivity index (χ0v) is 18.5. The summed E-state index contributed by atoms with van der Waals surface area (Å²) in [4.78, 5) is 16.4. The molecule has 2 N–H and O–H groups in total. The van der Waals surface area contributed by atoms with Crippen LogP contribution in [0.2, 0.25) is 0 Å². The van der Waals surface area contributed by atoms with Crippen molar-refractivity contribution in [3.63, 3.8) is 0 Å². The van der Waals surface area contributed by atoms with Crippen molar-refractivity contribution >= 4 is 27.3 Å². The van der Waals surface area contributed by atoms with Crippen LogP contribution in [0.4, 0.5) is 11.4 Å². The summed E-state index contributed by atoms with van der Waals surface area (Å²) < 4.78 is 34.6. The molecule has 0 saturated heterocycles. The van der Waals surface area contributed by atoms with Crippen LogP contribution in [0.1, 0.15) is 25.2 Å². The number of nitrogens with one attached hydrogen (secondary N) is 2. The maximum atomic E-state index is 12.3. The fraction of sp³-hybridized carbons (Fsp3) is 0.273. The van der Waals surface area contributed by atoms with Crippen molar-refractivity contribution in [3.05, 3.63) is 72.3 Å². The normalized spacial score (nSPS) is 11.4. The highest BCUT2D eigenvalue weighted by molar-refractivity contribution is 7.93. The first-order chi connectivity index (χ1) is 14.7. The number of ether oxygens (including phenoxy) is 1. The van der Waals surface area contributed by atoms with E-state index in [1.807, 2.05) is 43.7 Å². The van der Waals surface area contributed by atoms with Gasteiger partial charge >= 0.3 is 0 Å². The van der Waals surface area contributed by atoms with Crippen molar-refractivity contribution in [2.24, 2.45) is 0 Å². The number of carbonyl (C=O) groups is 1. The monoisotopic (exact) mass is 442 g/mol. The maximum Gasteiger partial charge on any atom is 0.241 e. The molecule has 164 valence electrons. The van der Waals surface area contributed by atoms with Crippen LogP contribution in [0.25, 0.3) is 0 Å². The van der Waals surface area contributed by atoms with Gasteiger partial charge in [-0.3, -0.25) is 9.52 Å². The number of anilines is 2. The van der Waals surface area contributed by atoms with Crippen LogP contribution < -0.4 is 14.8 Å². The summed E-state index contributed by atoms with van der Waals surface area (Å²) in [5, 5.41) is 2.61. The molecule has 0 atom stereocenters. The lowest BCUT2D eigenvalue weighted by Gasteiger charge is -2.12. The molecule has 3 rings (SSSR count). The molecule has 0 fully saturated rings. The van der Waals surface area contributed by atoms with Crippen molar-refractivity contribution < 1.29 is 17.9 Å². The van der Waals surface area contributed by atoms with E-state index in [-0.39, 0.29) is 6.10 Å². The number of nitrogens with zero attached hydrogens (tertiary/aromatic N) is 2. The second-order valence-electron chi connectivity index (χ2n) is 7.40. The second kappa shape index (κ2) is 9.65. The number of carbonyl (C=O) groups excluding carboxylic acids is 1. The molecule has 9 heteroatoms. The van der Waals surface area contributed by atoms with Crippen LogP contribution in [0.3, 0.4) is 0 Å². The third kappa shape index (κ3) is 6.85. The van der Waals surface area contributed by atoms with Gasteiger partial charge < -0.3 is 14.6 Å². The molecule has 0 radical (unpaired) electrons. The number of amides is 1. The third-order valence-corrected chi connectivity index (χ3v) is 5.52. The SMILES string of the molecule is Cc1nccn1Cc1ccc(NC(=O)CS(=O)(=O)Nc2ccc(OC(C)C)cc2)cc1. The van der Waals surface area contributed by atoms with E-state index in [2.05, 4.69) is 15.0 Å². The van der Waals surface area contributed by atoms with Gasteiger partial charge in [-0.2, -0.15) is 0 Å². The largest absolute Gasteiger partial charge is 0.491 e. The molecule has 8 nitrogen and oxygen atoms in total. The van der Waals surface area contributed by atoms with Crippen molar-refractivity contribution in [1.29, 1.82) is 0 Å². The first-order valence-electron chi connectivity index (χ1n) is 9.84. The summed E-state index contributed by atoms with van der Waals surface area (Å²) in [6, 6.07) is 13.8. The van der Waals surface area contributed by atoms with E-state index in [4.69, 9.17) is 4.74 Å². The molecule has 1 heterocycles. The Labute approximate surface area is 182 Å². The minimum atomic E-state index is -3.85. The fourth-order valence-electron chi connectivity index (χ4n) is 2.92. The number of sulfonamides is 1. The molecule has 2 aromatic carbocycles. The average molecular weight is 443 g/mol. The van der Waals surface area contributed by atoms with Crippen LogP contribution in [-0.4, -0.2) is 35.7 Å². The van der Waals surface area contributed by atoms with Crippen LogP contribution in [-0.2, 0) is 21.4 Å². The van der Waals surface area contributed by atoms with Crippen molar-refractivity contribution in [2.45, 2.75) is 33.4 Å². The third-order valence-electron chi connectivity index (χ3n) is 4.33. The lowest BCUT2D eigenvalue weighted by atomic mass is 10.2. The topological polar surface area (TPSA) is 102 Å². The molecule has 3 aromatic rings. The summed E-state index contributed by atoms with van der Waals surface area (Å²) in [6.45, 7) is 6.41. The average Bonchev–Trinajstić information content (AvgIpc) is 3.08. The Balaban J connectivity index is 1.53. The standard InChI is InChI=1S/C22H26N4O4S/c1-16(2)30-21-10-8-20(9-11-21)25-31(28,29)15-22(27)24-19-6-4-18(5-7-19)14-26-13-12-23-17(26)3/h4-13,16,25H,14-15H2,1-3H3,(H,24,27). The molecular weight excluding hydrogens is 416 g/mol. The zero-order valence-electron chi connectivity index (χ0n) is 17.7. The maximum absolute atomic E-state index is 12.3. The van der Waals surface area contributed by atoms with Gasteiger partial charge in [0.1, 0.15) is 17.3 Å². The number of imidazole rings is 1. The number of aromatic nitrogens is 2. The van der Waals surface area contributed by atoms with E-state index in [1.165, 1.54) is 0 Å². The first kappa shape index (κ1) is 22.4. The van der Waals surface area contributed by atoms with Crippen molar-refractivity contribution in [1.82, 2.24) is 9.55 Å². The predicted octanol–water partition coefficient (Wildman–Crippen LogP) is 3.41. The molecular formula is C22H26N4O4S. The quantitative estimate of drug-likeness (QED) is 0.529. The Morgan fingerprint density at radius 2 is 1.71 bits per heavy atom. The molecule has 0 saturated carbocycles. The Morgan fingerprint density at radius 1 is 1.06 bits per heavy atom. The molecule has 0 aliphatic rings. The minimum Gasteiger partial charge on any atom is -0.491 e. The van der Waals surface area contributed by atoms with Gasteiger partial charge in [0.15, 0.2) is 0 Å². The smallest absolute Gasteiger partial charge is 0.241 e. The second-order valence-corrected chi connectivity index (χ2v) is 9.12. The Hall–Kier alpha value is -3.33. The van der Waals surface area contributed by atoms with E-state index in [1.54, 1.807) is 42.6 Å². The predicted molar refractivity (Wildman–Crippen MR) is 121 cm³/mol. The van der Waals surface area contributed by atoms with Gasteiger partial charge in [0.2, 0.25) is 15.9 Å². The molecule has 0 aliphatic heterocycles. The van der Waals surface area contributed by atoms with E-state index >= 15 is 0 Å². The van der Waals surface area contributed by atoms with Gasteiger partial charge in [-0.05, 0) is 62.7 Å². The van der Waals surface area contributed by atoms with Crippen LogP contribution >= 0.6 is 0 Å². The van der Waals surface area contributed by atoms with Crippen LogP contribution in [0, 0.1) is 6.92 Å².